The molecule has 0 atom stereocenters. The van der Waals surface area contributed by atoms with Crippen LogP contribution >= 0.6 is 0 Å². The molecule has 24 heavy (non-hydrogen) atoms. The predicted octanol–water partition coefficient (Wildman–Crippen LogP) is 4.90. The number of ether oxygens (including phenoxy) is 1. The van der Waals surface area contributed by atoms with E-state index in [4.69, 9.17) is 10.5 Å². The third-order valence-electron chi connectivity index (χ3n) is 4.81. The number of hydrogen-bond donors (Lipinski definition) is 1. The molecule has 0 spiro atoms. The quantitative estimate of drug-likeness (QED) is 0.422. The molecule has 3 aromatic rings. The molecule has 4 rings (SSSR count). The van der Waals surface area contributed by atoms with Gasteiger partial charge in [-0.3, -0.25) is 4.79 Å². The number of nitrogens with two attached hydrogens (primary N) is 1. The SMILES string of the molecule is CC(C)(C)c1ccc2c(c1)-c1cccc3c(N)c(OC=O)cc-2c13. The van der Waals surface area contributed by atoms with Gasteiger partial charge in [0.05, 0.1) is 5.69 Å². The van der Waals surface area contributed by atoms with Gasteiger partial charge >= 0.3 is 0 Å². The fourth-order valence-corrected chi connectivity index (χ4v) is 3.54. The lowest BCUT2D eigenvalue weighted by Crippen LogP contribution is -2.10. The zero-order valence-electron chi connectivity index (χ0n) is 14.0. The molecule has 3 aromatic carbocycles. The van der Waals surface area contributed by atoms with Crippen molar-refractivity contribution in [2.24, 2.45) is 0 Å². The maximum absolute atomic E-state index is 10.8. The Bertz CT molecular complexity index is 997. The molecule has 0 saturated carbocycles. The molecule has 0 heterocycles. The lowest BCUT2D eigenvalue weighted by Gasteiger charge is -2.20. The molecule has 0 aliphatic heterocycles. The van der Waals surface area contributed by atoms with Gasteiger partial charge in [0.15, 0.2) is 5.75 Å². The van der Waals surface area contributed by atoms with Crippen LogP contribution in [0.25, 0.3) is 33.0 Å². The highest BCUT2D eigenvalue weighted by Gasteiger charge is 2.26. The Morgan fingerprint density at radius 2 is 1.75 bits per heavy atom. The van der Waals surface area contributed by atoms with Crippen molar-refractivity contribution < 1.29 is 9.53 Å². The highest BCUT2D eigenvalue weighted by atomic mass is 16.5. The van der Waals surface area contributed by atoms with Gasteiger partial charge in [0.2, 0.25) is 0 Å². The van der Waals surface area contributed by atoms with Crippen LogP contribution < -0.4 is 10.5 Å². The van der Waals surface area contributed by atoms with Crippen LogP contribution in [-0.2, 0) is 10.2 Å². The van der Waals surface area contributed by atoms with Gasteiger partial charge in [-0.15, -0.1) is 0 Å². The molecule has 120 valence electrons. The number of benzene rings is 3. The van der Waals surface area contributed by atoms with Gasteiger partial charge in [0.25, 0.3) is 6.47 Å². The van der Waals surface area contributed by atoms with Crippen molar-refractivity contribution in [2.75, 3.05) is 5.73 Å². The maximum atomic E-state index is 10.8. The van der Waals surface area contributed by atoms with Crippen LogP contribution in [0.15, 0.2) is 42.5 Å². The van der Waals surface area contributed by atoms with E-state index in [1.165, 1.54) is 16.7 Å². The molecule has 2 N–H and O–H groups in total. The largest absolute Gasteiger partial charge is 0.426 e. The van der Waals surface area contributed by atoms with Crippen LogP contribution in [0.3, 0.4) is 0 Å². The highest BCUT2D eigenvalue weighted by Crippen LogP contribution is 2.51. The minimum absolute atomic E-state index is 0.0858. The lowest BCUT2D eigenvalue weighted by atomic mass is 9.85. The van der Waals surface area contributed by atoms with Gasteiger partial charge in [0, 0.05) is 5.39 Å². The summed E-state index contributed by atoms with van der Waals surface area (Å²) < 4.78 is 5.10. The van der Waals surface area contributed by atoms with Gasteiger partial charge in [-0.1, -0.05) is 51.1 Å². The standard InChI is InChI=1S/C21H19NO2/c1-21(2,3)12-7-8-13-16(9-12)14-5-4-6-15-19(14)17(13)10-18(20(15)22)24-11-23/h4-11H,22H2,1-3H3. The topological polar surface area (TPSA) is 52.3 Å². The second-order valence-corrected chi connectivity index (χ2v) is 7.29. The lowest BCUT2D eigenvalue weighted by molar-refractivity contribution is -0.120. The van der Waals surface area contributed by atoms with E-state index in [9.17, 15) is 4.79 Å². The van der Waals surface area contributed by atoms with Crippen LogP contribution in [0.1, 0.15) is 26.3 Å². The van der Waals surface area contributed by atoms with Crippen LogP contribution in [0.4, 0.5) is 5.69 Å². The molecule has 0 amide bonds. The summed E-state index contributed by atoms with van der Waals surface area (Å²) in [6.45, 7) is 7.06. The molecule has 0 unspecified atom stereocenters. The first-order valence-corrected chi connectivity index (χ1v) is 8.02. The Balaban J connectivity index is 2.07. The second kappa shape index (κ2) is 4.84. The molecule has 0 bridgehead atoms. The van der Waals surface area contributed by atoms with Crippen LogP contribution in [0.5, 0.6) is 5.75 Å². The van der Waals surface area contributed by atoms with E-state index < -0.39 is 0 Å². The number of nitrogen functional groups attached to an aromatic ring is 1. The highest BCUT2D eigenvalue weighted by molar-refractivity contribution is 6.19. The first-order chi connectivity index (χ1) is 11.4. The summed E-state index contributed by atoms with van der Waals surface area (Å²) in [5.41, 5.74) is 12.7. The molecule has 3 nitrogen and oxygen atoms in total. The number of carbonyl (C=O) groups excluding carboxylic acids is 1. The van der Waals surface area contributed by atoms with Gasteiger partial charge < -0.3 is 10.5 Å². The zero-order chi connectivity index (χ0) is 17.1. The molecule has 1 aliphatic carbocycles. The molecule has 3 heteroatoms. The molecule has 0 fully saturated rings. The smallest absolute Gasteiger partial charge is 0.298 e. The van der Waals surface area contributed by atoms with E-state index in [0.717, 1.165) is 21.9 Å². The van der Waals surface area contributed by atoms with E-state index in [0.29, 0.717) is 17.9 Å². The van der Waals surface area contributed by atoms with Crippen molar-refractivity contribution in [3.05, 3.63) is 48.0 Å². The average Bonchev–Trinajstić information content (AvgIpc) is 2.86. The van der Waals surface area contributed by atoms with Crippen molar-refractivity contribution in [3.63, 3.8) is 0 Å². The number of rotatable bonds is 2. The van der Waals surface area contributed by atoms with Crippen molar-refractivity contribution >= 4 is 22.9 Å². The summed E-state index contributed by atoms with van der Waals surface area (Å²) in [6, 6.07) is 14.6. The van der Waals surface area contributed by atoms with Gasteiger partial charge in [0.1, 0.15) is 0 Å². The Kier molecular flexibility index (Phi) is 2.98. The number of carbonyl (C=O) groups is 1. The number of fused-ring (bicyclic) bond motifs is 3. The molecule has 1 aliphatic rings. The summed E-state index contributed by atoms with van der Waals surface area (Å²) in [7, 11) is 0. The van der Waals surface area contributed by atoms with Crippen molar-refractivity contribution in [3.8, 4) is 28.0 Å². The van der Waals surface area contributed by atoms with Crippen molar-refractivity contribution in [1.82, 2.24) is 0 Å². The third-order valence-corrected chi connectivity index (χ3v) is 4.81. The summed E-state index contributed by atoms with van der Waals surface area (Å²) in [4.78, 5) is 10.8. The summed E-state index contributed by atoms with van der Waals surface area (Å²) in [5, 5.41) is 2.06. The maximum Gasteiger partial charge on any atom is 0.298 e. The number of anilines is 1. The van der Waals surface area contributed by atoms with E-state index in [1.807, 2.05) is 18.2 Å². The normalized spacial score (nSPS) is 12.3. The molecule has 0 radical (unpaired) electrons. The fourth-order valence-electron chi connectivity index (χ4n) is 3.54. The van der Waals surface area contributed by atoms with E-state index in [-0.39, 0.29) is 5.41 Å². The fraction of sp³-hybridized carbons (Fsp3) is 0.190. The molecule has 0 saturated heterocycles. The van der Waals surface area contributed by atoms with Crippen molar-refractivity contribution in [2.45, 2.75) is 26.2 Å². The van der Waals surface area contributed by atoms with E-state index >= 15 is 0 Å². The Labute approximate surface area is 141 Å². The van der Waals surface area contributed by atoms with Crippen LogP contribution in [0.2, 0.25) is 0 Å². The van der Waals surface area contributed by atoms with Gasteiger partial charge in [-0.25, -0.2) is 0 Å². The van der Waals surface area contributed by atoms with Gasteiger partial charge in [-0.2, -0.15) is 0 Å². The monoisotopic (exact) mass is 317 g/mol. The Hall–Kier alpha value is -2.81. The molecular weight excluding hydrogens is 298 g/mol. The first kappa shape index (κ1) is 14.8. The molecular formula is C21H19NO2. The van der Waals surface area contributed by atoms with Gasteiger partial charge in [-0.05, 0) is 50.8 Å². The minimum atomic E-state index is 0.0858. The van der Waals surface area contributed by atoms with E-state index in [1.54, 1.807) is 0 Å². The van der Waals surface area contributed by atoms with Crippen LogP contribution in [-0.4, -0.2) is 6.47 Å². The summed E-state index contributed by atoms with van der Waals surface area (Å²) in [6.07, 6.45) is 0. The predicted molar refractivity (Wildman–Crippen MR) is 98.2 cm³/mol. The summed E-state index contributed by atoms with van der Waals surface area (Å²) in [5.74, 6) is 0.414. The van der Waals surface area contributed by atoms with Crippen LogP contribution in [0, 0.1) is 0 Å². The third kappa shape index (κ3) is 1.94. The van der Waals surface area contributed by atoms with E-state index in [2.05, 4.69) is 45.0 Å². The Morgan fingerprint density at radius 3 is 2.46 bits per heavy atom. The second-order valence-electron chi connectivity index (χ2n) is 7.29. The first-order valence-electron chi connectivity index (χ1n) is 8.02. The minimum Gasteiger partial charge on any atom is -0.426 e. The molecule has 0 aromatic heterocycles. The Morgan fingerprint density at radius 1 is 0.958 bits per heavy atom. The summed E-state index contributed by atoms with van der Waals surface area (Å²) >= 11 is 0. The van der Waals surface area contributed by atoms with Crippen molar-refractivity contribution in [1.29, 1.82) is 0 Å². The zero-order valence-corrected chi connectivity index (χ0v) is 14.0. The number of hydrogen-bond acceptors (Lipinski definition) is 3. The average molecular weight is 317 g/mol.